The highest BCUT2D eigenvalue weighted by molar-refractivity contribution is 6.01. The van der Waals surface area contributed by atoms with Crippen LogP contribution >= 0.6 is 0 Å². The molecule has 0 radical (unpaired) electrons. The number of carbonyl (C=O) groups is 2. The Bertz CT molecular complexity index is 1830. The fourth-order valence-corrected chi connectivity index (χ4v) is 6.02. The minimum absolute atomic E-state index is 0.158. The number of likely N-dealkylation sites (tertiary alicyclic amines) is 1. The molecule has 2 aliphatic heterocycles. The highest BCUT2D eigenvalue weighted by atomic mass is 16.5. The molecule has 1 unspecified atom stereocenters. The maximum atomic E-state index is 12.2. The summed E-state index contributed by atoms with van der Waals surface area (Å²) in [6, 6.07) is 19.2. The number of carbonyl (C=O) groups excluding carboxylic acids is 2. The number of pyridine rings is 1. The van der Waals surface area contributed by atoms with Crippen LogP contribution in [0.1, 0.15) is 37.3 Å². The molecule has 2 fully saturated rings. The monoisotopic (exact) mass is 603 g/mol. The summed E-state index contributed by atoms with van der Waals surface area (Å²) in [5.74, 6) is 1.39. The van der Waals surface area contributed by atoms with E-state index in [1.165, 1.54) is 6.33 Å². The lowest BCUT2D eigenvalue weighted by atomic mass is 10.0. The molecule has 1 atom stereocenters. The third-order valence-corrected chi connectivity index (χ3v) is 8.31. The smallest absolute Gasteiger partial charge is 0.249 e. The normalized spacial score (nSPS) is 17.7. The van der Waals surface area contributed by atoms with Crippen molar-refractivity contribution >= 4 is 34.4 Å². The lowest BCUT2D eigenvalue weighted by molar-refractivity contribution is -0.133. The van der Waals surface area contributed by atoms with Crippen molar-refractivity contribution in [3.8, 4) is 22.8 Å². The van der Waals surface area contributed by atoms with E-state index >= 15 is 0 Å². The number of rotatable bonds is 8. The number of nitrogens with two attached hydrogens (primary N) is 1. The molecule has 0 aliphatic carbocycles. The standard InChI is InChI=1S/C33H33N9O3/c34-31-29-30(22-6-8-26(9-7-22)45-25-4-2-1-3-5-25)40-42(32(29)37-20-36-31)24-12-14-41(15-13-24)19-21-16-23(18-35-17-21)38-27-10-11-28(43)39-33(27)44/h1-9,16-18,20,24,27,38H,10-15,19H2,(H2,34,36,37)(H,39,43,44). The average molecular weight is 604 g/mol. The maximum Gasteiger partial charge on any atom is 0.249 e. The van der Waals surface area contributed by atoms with Gasteiger partial charge in [-0.1, -0.05) is 18.2 Å². The molecule has 0 bridgehead atoms. The number of amides is 2. The molecule has 3 aromatic heterocycles. The molecule has 228 valence electrons. The Morgan fingerprint density at radius 1 is 0.956 bits per heavy atom. The molecule has 12 nitrogen and oxygen atoms in total. The fraction of sp³-hybridized carbons (Fsp3) is 0.273. The predicted molar refractivity (Wildman–Crippen MR) is 169 cm³/mol. The van der Waals surface area contributed by atoms with Crippen LogP contribution in [0.5, 0.6) is 11.5 Å². The molecule has 5 heterocycles. The van der Waals surface area contributed by atoms with Gasteiger partial charge in [0, 0.05) is 44.0 Å². The molecule has 4 N–H and O–H groups in total. The van der Waals surface area contributed by atoms with Gasteiger partial charge in [0.1, 0.15) is 35.4 Å². The number of aromatic nitrogens is 5. The van der Waals surface area contributed by atoms with Crippen LogP contribution in [0.3, 0.4) is 0 Å². The van der Waals surface area contributed by atoms with Gasteiger partial charge in [0.25, 0.3) is 0 Å². The first-order valence-electron chi connectivity index (χ1n) is 15.1. The largest absolute Gasteiger partial charge is 0.457 e. The topological polar surface area (TPSA) is 153 Å². The summed E-state index contributed by atoms with van der Waals surface area (Å²) in [6.07, 6.45) is 7.64. The van der Waals surface area contributed by atoms with E-state index in [2.05, 4.69) is 30.5 Å². The number of para-hydroxylation sites is 1. The van der Waals surface area contributed by atoms with Gasteiger partial charge < -0.3 is 15.8 Å². The zero-order chi connectivity index (χ0) is 30.8. The van der Waals surface area contributed by atoms with E-state index in [4.69, 9.17) is 15.6 Å². The molecule has 45 heavy (non-hydrogen) atoms. The minimum Gasteiger partial charge on any atom is -0.457 e. The molecular formula is C33H33N9O3. The Morgan fingerprint density at radius 3 is 2.51 bits per heavy atom. The van der Waals surface area contributed by atoms with E-state index in [0.29, 0.717) is 18.7 Å². The number of ether oxygens (including phenoxy) is 1. The summed E-state index contributed by atoms with van der Waals surface area (Å²) in [6.45, 7) is 2.48. The number of nitrogens with one attached hydrogen (secondary N) is 2. The molecule has 2 aromatic carbocycles. The summed E-state index contributed by atoms with van der Waals surface area (Å²) >= 11 is 0. The molecule has 0 spiro atoms. The summed E-state index contributed by atoms with van der Waals surface area (Å²) in [5, 5.41) is 11.4. The zero-order valence-corrected chi connectivity index (χ0v) is 24.6. The number of imide groups is 1. The van der Waals surface area contributed by atoms with Crippen molar-refractivity contribution in [2.45, 2.75) is 44.3 Å². The average Bonchev–Trinajstić information content (AvgIpc) is 3.45. The first kappa shape index (κ1) is 28.4. The molecule has 7 rings (SSSR count). The Morgan fingerprint density at radius 2 is 1.73 bits per heavy atom. The van der Waals surface area contributed by atoms with Gasteiger partial charge in [0.15, 0.2) is 5.65 Å². The van der Waals surface area contributed by atoms with Gasteiger partial charge in [-0.05, 0) is 67.3 Å². The molecule has 2 aliphatic rings. The summed E-state index contributed by atoms with van der Waals surface area (Å²) < 4.78 is 7.98. The van der Waals surface area contributed by atoms with Crippen molar-refractivity contribution in [3.05, 3.63) is 84.9 Å². The van der Waals surface area contributed by atoms with Crippen LogP contribution in [-0.4, -0.2) is 60.6 Å². The van der Waals surface area contributed by atoms with Crippen molar-refractivity contribution in [2.75, 3.05) is 24.1 Å². The third kappa shape index (κ3) is 6.18. The van der Waals surface area contributed by atoms with Crippen LogP contribution in [0.15, 0.2) is 79.4 Å². The number of nitrogens with zero attached hydrogens (tertiary/aromatic N) is 6. The SMILES string of the molecule is Nc1ncnc2c1c(-c1ccc(Oc3ccccc3)cc1)nn2C1CCN(Cc2cncc(NC3CCC(=O)NC3=O)c2)CC1. The van der Waals surface area contributed by atoms with E-state index in [-0.39, 0.29) is 17.9 Å². The summed E-state index contributed by atoms with van der Waals surface area (Å²) in [4.78, 5) is 39.3. The van der Waals surface area contributed by atoms with Crippen molar-refractivity contribution in [1.82, 2.24) is 34.9 Å². The number of hydrogen-bond acceptors (Lipinski definition) is 10. The number of nitrogen functional groups attached to an aromatic ring is 1. The second-order valence-electron chi connectivity index (χ2n) is 11.4. The lowest BCUT2D eigenvalue weighted by Crippen LogP contribution is -2.47. The van der Waals surface area contributed by atoms with Crippen molar-refractivity contribution in [1.29, 1.82) is 0 Å². The highest BCUT2D eigenvalue weighted by Gasteiger charge is 2.28. The van der Waals surface area contributed by atoms with Crippen LogP contribution in [0.2, 0.25) is 0 Å². The lowest BCUT2D eigenvalue weighted by Gasteiger charge is -2.32. The van der Waals surface area contributed by atoms with Crippen LogP contribution in [0.25, 0.3) is 22.3 Å². The van der Waals surface area contributed by atoms with Crippen LogP contribution in [0, 0.1) is 0 Å². The molecule has 5 aromatic rings. The number of anilines is 2. The van der Waals surface area contributed by atoms with E-state index in [9.17, 15) is 9.59 Å². The van der Waals surface area contributed by atoms with Gasteiger partial charge in [-0.3, -0.25) is 24.8 Å². The Hall–Kier alpha value is -5.36. The Kier molecular flexibility index (Phi) is 7.78. The van der Waals surface area contributed by atoms with Crippen LogP contribution in [-0.2, 0) is 16.1 Å². The first-order valence-corrected chi connectivity index (χ1v) is 15.1. The first-order chi connectivity index (χ1) is 22.0. The summed E-state index contributed by atoms with van der Waals surface area (Å²) in [5.41, 5.74) is 10.6. The van der Waals surface area contributed by atoms with Crippen molar-refractivity contribution < 1.29 is 14.3 Å². The van der Waals surface area contributed by atoms with E-state index in [0.717, 1.165) is 77.5 Å². The Balaban J connectivity index is 1.03. The quantitative estimate of drug-likeness (QED) is 0.219. The number of fused-ring (bicyclic) bond motifs is 1. The van der Waals surface area contributed by atoms with Crippen molar-refractivity contribution in [2.24, 2.45) is 0 Å². The molecule has 2 amide bonds. The van der Waals surface area contributed by atoms with Crippen LogP contribution < -0.4 is 21.1 Å². The molecule has 0 saturated carbocycles. The van der Waals surface area contributed by atoms with Gasteiger partial charge in [0.05, 0.1) is 17.1 Å². The second-order valence-corrected chi connectivity index (χ2v) is 11.4. The number of benzene rings is 2. The number of hydrogen-bond donors (Lipinski definition) is 3. The zero-order valence-electron chi connectivity index (χ0n) is 24.6. The van der Waals surface area contributed by atoms with Gasteiger partial charge in [-0.15, -0.1) is 0 Å². The highest BCUT2D eigenvalue weighted by Crippen LogP contribution is 2.35. The van der Waals surface area contributed by atoms with E-state index in [1.54, 1.807) is 6.20 Å². The minimum atomic E-state index is -0.442. The molecular weight excluding hydrogens is 570 g/mol. The fourth-order valence-electron chi connectivity index (χ4n) is 6.02. The van der Waals surface area contributed by atoms with Crippen molar-refractivity contribution in [3.63, 3.8) is 0 Å². The molecule has 12 heteroatoms. The number of piperidine rings is 2. The maximum absolute atomic E-state index is 12.2. The third-order valence-electron chi connectivity index (χ3n) is 8.31. The van der Waals surface area contributed by atoms with Gasteiger partial charge in [-0.2, -0.15) is 5.10 Å². The summed E-state index contributed by atoms with van der Waals surface area (Å²) in [7, 11) is 0. The van der Waals surface area contributed by atoms with E-state index < -0.39 is 6.04 Å². The Labute approximate surface area is 259 Å². The van der Waals surface area contributed by atoms with Gasteiger partial charge >= 0.3 is 0 Å². The predicted octanol–water partition coefficient (Wildman–Crippen LogP) is 4.32. The van der Waals surface area contributed by atoms with E-state index in [1.807, 2.05) is 71.5 Å². The van der Waals surface area contributed by atoms with Gasteiger partial charge in [0.2, 0.25) is 11.8 Å². The second kappa shape index (κ2) is 12.3. The van der Waals surface area contributed by atoms with Crippen LogP contribution in [0.4, 0.5) is 11.5 Å². The van der Waals surface area contributed by atoms with Gasteiger partial charge in [-0.25, -0.2) is 14.6 Å². The molecule has 2 saturated heterocycles.